The van der Waals surface area contributed by atoms with Crippen molar-refractivity contribution in [3.05, 3.63) is 83.4 Å². The van der Waals surface area contributed by atoms with Gasteiger partial charge in [-0.05, 0) is 35.7 Å². The number of para-hydroxylation sites is 1. The number of carbonyl (C=O) groups is 1. The lowest BCUT2D eigenvalue weighted by Gasteiger charge is -2.14. The average molecular weight is 471 g/mol. The van der Waals surface area contributed by atoms with Gasteiger partial charge in [-0.25, -0.2) is 4.79 Å². The molecule has 3 aromatic carbocycles. The van der Waals surface area contributed by atoms with Gasteiger partial charge in [0.15, 0.2) is 5.84 Å². The highest BCUT2D eigenvalue weighted by Gasteiger charge is 2.26. The molecule has 0 aliphatic carbocycles. The molecule has 1 N–H and O–H groups in total. The molecule has 178 valence electrons. The molecule has 8 heteroatoms. The minimum atomic E-state index is -0.417. The number of carbonyl (C=O) groups excluding carboxylic acids is 1. The van der Waals surface area contributed by atoms with Crippen molar-refractivity contribution in [1.29, 1.82) is 0 Å². The molecule has 0 amide bonds. The van der Waals surface area contributed by atoms with Crippen LogP contribution in [0.3, 0.4) is 0 Å². The minimum absolute atomic E-state index is 0.417. The van der Waals surface area contributed by atoms with Gasteiger partial charge in [-0.1, -0.05) is 59.8 Å². The van der Waals surface area contributed by atoms with Crippen LogP contribution in [0.15, 0.2) is 71.9 Å². The van der Waals surface area contributed by atoms with Crippen LogP contribution in [-0.2, 0) is 11.3 Å². The van der Waals surface area contributed by atoms with Crippen molar-refractivity contribution in [3.8, 4) is 17.1 Å². The SMILES string of the molecule is CCOc1nc2cccc(C(=O)OC)c2n1Cc1ccc(-c2ccccc2/C(=N/O)N2CC2)cc1. The standard InChI is InChI=1S/C27H26N4O4/c1-3-35-27-28-23-10-6-9-22(26(32)34-2)24(23)31(27)17-18-11-13-19(14-12-18)20-7-4-5-8-21(20)25(29-33)30-15-16-30/h4-14,33H,3,15-17H2,1-2H3/b29-25-. The summed E-state index contributed by atoms with van der Waals surface area (Å²) in [5.74, 6) is 0.172. The molecule has 5 rings (SSSR count). The summed E-state index contributed by atoms with van der Waals surface area (Å²) in [6.07, 6.45) is 0. The molecule has 0 atom stereocenters. The zero-order chi connectivity index (χ0) is 24.4. The van der Waals surface area contributed by atoms with Crippen LogP contribution in [-0.4, -0.2) is 58.3 Å². The molecule has 1 saturated heterocycles. The summed E-state index contributed by atoms with van der Waals surface area (Å²) in [6, 6.07) is 21.9. The van der Waals surface area contributed by atoms with Crippen molar-refractivity contribution >= 4 is 22.8 Å². The fourth-order valence-corrected chi connectivity index (χ4v) is 4.28. The van der Waals surface area contributed by atoms with E-state index in [1.54, 1.807) is 12.1 Å². The largest absolute Gasteiger partial charge is 0.465 e. The second-order valence-corrected chi connectivity index (χ2v) is 8.23. The monoisotopic (exact) mass is 470 g/mol. The zero-order valence-corrected chi connectivity index (χ0v) is 19.6. The predicted octanol–water partition coefficient (Wildman–Crippen LogP) is 4.39. The summed E-state index contributed by atoms with van der Waals surface area (Å²) in [7, 11) is 1.37. The van der Waals surface area contributed by atoms with Crippen molar-refractivity contribution < 1.29 is 19.5 Å². The van der Waals surface area contributed by atoms with E-state index in [4.69, 9.17) is 9.47 Å². The molecule has 1 aliphatic rings. The Morgan fingerprint density at radius 3 is 2.46 bits per heavy atom. The molecule has 1 fully saturated rings. The van der Waals surface area contributed by atoms with Crippen LogP contribution in [0.25, 0.3) is 22.2 Å². The van der Waals surface area contributed by atoms with Gasteiger partial charge in [0.2, 0.25) is 0 Å². The summed E-state index contributed by atoms with van der Waals surface area (Å²) >= 11 is 0. The van der Waals surface area contributed by atoms with E-state index in [0.717, 1.165) is 35.3 Å². The number of oxime groups is 1. The molecule has 8 nitrogen and oxygen atoms in total. The van der Waals surface area contributed by atoms with E-state index >= 15 is 0 Å². The van der Waals surface area contributed by atoms with E-state index in [0.29, 0.717) is 41.6 Å². The molecule has 0 saturated carbocycles. The number of aromatic nitrogens is 2. The first-order chi connectivity index (χ1) is 17.1. The summed E-state index contributed by atoms with van der Waals surface area (Å²) in [4.78, 5) is 19.0. The molecular weight excluding hydrogens is 444 g/mol. The number of benzene rings is 3. The molecular formula is C27H26N4O4. The first-order valence-corrected chi connectivity index (χ1v) is 11.5. The van der Waals surface area contributed by atoms with Gasteiger partial charge < -0.3 is 19.6 Å². The highest BCUT2D eigenvalue weighted by Crippen LogP contribution is 2.29. The van der Waals surface area contributed by atoms with Gasteiger partial charge >= 0.3 is 5.97 Å². The van der Waals surface area contributed by atoms with Gasteiger partial charge in [-0.2, -0.15) is 4.98 Å². The van der Waals surface area contributed by atoms with E-state index in [2.05, 4.69) is 10.1 Å². The van der Waals surface area contributed by atoms with Gasteiger partial charge in [0, 0.05) is 18.7 Å². The van der Waals surface area contributed by atoms with Crippen LogP contribution < -0.4 is 4.74 Å². The maximum Gasteiger partial charge on any atom is 0.340 e. The number of rotatable bonds is 7. The van der Waals surface area contributed by atoms with Crippen LogP contribution in [0.4, 0.5) is 0 Å². The molecule has 2 heterocycles. The van der Waals surface area contributed by atoms with Crippen molar-refractivity contribution in [3.63, 3.8) is 0 Å². The quantitative estimate of drug-likeness (QED) is 0.108. The third-order valence-electron chi connectivity index (χ3n) is 6.03. The molecule has 35 heavy (non-hydrogen) atoms. The van der Waals surface area contributed by atoms with Crippen LogP contribution >= 0.6 is 0 Å². The number of hydrogen-bond acceptors (Lipinski definition) is 6. The molecule has 4 aromatic rings. The summed E-state index contributed by atoms with van der Waals surface area (Å²) < 4.78 is 12.7. The zero-order valence-electron chi connectivity index (χ0n) is 19.6. The topological polar surface area (TPSA) is 89.0 Å². The number of fused-ring (bicyclic) bond motifs is 1. The first-order valence-electron chi connectivity index (χ1n) is 11.5. The third-order valence-corrected chi connectivity index (χ3v) is 6.03. The lowest BCUT2D eigenvalue weighted by molar-refractivity contribution is 0.0602. The number of methoxy groups -OCH3 is 1. The van der Waals surface area contributed by atoms with Gasteiger partial charge in [0.05, 0.1) is 36.9 Å². The predicted molar refractivity (Wildman–Crippen MR) is 133 cm³/mol. The minimum Gasteiger partial charge on any atom is -0.465 e. The van der Waals surface area contributed by atoms with Crippen LogP contribution in [0, 0.1) is 0 Å². The smallest absolute Gasteiger partial charge is 0.340 e. The van der Waals surface area contributed by atoms with Gasteiger partial charge in [-0.3, -0.25) is 4.57 Å². The summed E-state index contributed by atoms with van der Waals surface area (Å²) in [6.45, 7) is 4.61. The van der Waals surface area contributed by atoms with Crippen molar-refractivity contribution in [1.82, 2.24) is 14.5 Å². The Morgan fingerprint density at radius 1 is 1.03 bits per heavy atom. The Labute approximate surface area is 203 Å². The fourth-order valence-electron chi connectivity index (χ4n) is 4.28. The Kier molecular flexibility index (Phi) is 6.10. The average Bonchev–Trinajstić information content (AvgIpc) is 3.67. The number of esters is 1. The lowest BCUT2D eigenvalue weighted by Crippen LogP contribution is -2.13. The maximum absolute atomic E-state index is 12.4. The number of amidine groups is 1. The van der Waals surface area contributed by atoms with Crippen molar-refractivity contribution in [2.24, 2.45) is 5.16 Å². The number of imidazole rings is 1. The Hall–Kier alpha value is -4.33. The maximum atomic E-state index is 12.4. The molecule has 0 unspecified atom stereocenters. The van der Waals surface area contributed by atoms with Gasteiger partial charge in [0.1, 0.15) is 0 Å². The van der Waals surface area contributed by atoms with Crippen molar-refractivity contribution in [2.75, 3.05) is 26.8 Å². The van der Waals surface area contributed by atoms with Crippen molar-refractivity contribution in [2.45, 2.75) is 13.5 Å². The molecule has 1 aliphatic heterocycles. The molecule has 1 aromatic heterocycles. The molecule has 0 bridgehead atoms. The third kappa shape index (κ3) is 4.30. The number of nitrogens with zero attached hydrogens (tertiary/aromatic N) is 4. The van der Waals surface area contributed by atoms with Gasteiger partial charge in [-0.15, -0.1) is 0 Å². The second-order valence-electron chi connectivity index (χ2n) is 8.23. The highest BCUT2D eigenvalue weighted by atomic mass is 16.5. The fraction of sp³-hybridized carbons (Fsp3) is 0.222. The second kappa shape index (κ2) is 9.50. The van der Waals surface area contributed by atoms with Crippen LogP contribution in [0.2, 0.25) is 0 Å². The number of ether oxygens (including phenoxy) is 2. The van der Waals surface area contributed by atoms with E-state index in [1.807, 2.05) is 71.0 Å². The van der Waals surface area contributed by atoms with Crippen LogP contribution in [0.5, 0.6) is 6.01 Å². The molecule has 0 spiro atoms. The number of hydrogen-bond donors (Lipinski definition) is 1. The Bertz CT molecular complexity index is 1400. The Balaban J connectivity index is 1.51. The van der Waals surface area contributed by atoms with E-state index in [9.17, 15) is 10.0 Å². The lowest BCUT2D eigenvalue weighted by atomic mass is 9.98. The van der Waals surface area contributed by atoms with E-state index in [1.165, 1.54) is 7.11 Å². The normalized spacial score (nSPS) is 13.2. The van der Waals surface area contributed by atoms with E-state index in [-0.39, 0.29) is 0 Å². The summed E-state index contributed by atoms with van der Waals surface area (Å²) in [5, 5.41) is 13.1. The van der Waals surface area contributed by atoms with E-state index < -0.39 is 5.97 Å². The highest BCUT2D eigenvalue weighted by molar-refractivity contribution is 6.05. The van der Waals surface area contributed by atoms with Gasteiger partial charge in [0.25, 0.3) is 6.01 Å². The molecule has 0 radical (unpaired) electrons. The van der Waals surface area contributed by atoms with Crippen LogP contribution in [0.1, 0.15) is 28.4 Å². The Morgan fingerprint density at radius 2 is 1.77 bits per heavy atom. The first kappa shape index (κ1) is 22.5. The summed E-state index contributed by atoms with van der Waals surface area (Å²) in [5.41, 5.74) is 5.72.